The van der Waals surface area contributed by atoms with Crippen molar-refractivity contribution in [1.29, 1.82) is 0 Å². The van der Waals surface area contributed by atoms with Gasteiger partial charge in [0.1, 0.15) is 10.8 Å². The van der Waals surface area contributed by atoms with Crippen LogP contribution in [0.25, 0.3) is 0 Å². The monoisotopic (exact) mass is 277 g/mol. The molecule has 0 bridgehead atoms. The van der Waals surface area contributed by atoms with Gasteiger partial charge >= 0.3 is 5.97 Å². The molecule has 0 saturated heterocycles. The van der Waals surface area contributed by atoms with Crippen LogP contribution in [0.3, 0.4) is 0 Å². The van der Waals surface area contributed by atoms with E-state index in [2.05, 4.69) is 15.3 Å². The quantitative estimate of drug-likeness (QED) is 0.851. The number of nitrogens with zero attached hydrogens (tertiary/aromatic N) is 2. The summed E-state index contributed by atoms with van der Waals surface area (Å²) in [5.41, 5.74) is 0.453. The van der Waals surface area contributed by atoms with Gasteiger partial charge < -0.3 is 10.1 Å². The summed E-state index contributed by atoms with van der Waals surface area (Å²) < 4.78 is 4.90. The Kier molecular flexibility index (Phi) is 4.46. The second-order valence-electron chi connectivity index (χ2n) is 3.89. The van der Waals surface area contributed by atoms with E-state index in [4.69, 9.17) is 4.74 Å². The standard InChI is InChI=1S/C13H15N3O2S/c1-3-18-13(17)10-4-5-11(15-8-10)16-9(2)12-14-6-7-19-12/h4-9H,3H2,1-2H3,(H,15,16). The first kappa shape index (κ1) is 13.5. The SMILES string of the molecule is CCOC(=O)c1ccc(NC(C)c2nccs2)nc1. The molecule has 0 spiro atoms. The summed E-state index contributed by atoms with van der Waals surface area (Å²) in [5, 5.41) is 6.16. The normalized spacial score (nSPS) is 11.9. The van der Waals surface area contributed by atoms with Crippen LogP contribution in [0.5, 0.6) is 0 Å². The Hall–Kier alpha value is -1.95. The van der Waals surface area contributed by atoms with Crippen molar-refractivity contribution in [3.8, 4) is 0 Å². The lowest BCUT2D eigenvalue weighted by atomic mass is 10.3. The lowest BCUT2D eigenvalue weighted by Gasteiger charge is -2.11. The highest BCUT2D eigenvalue weighted by Crippen LogP contribution is 2.19. The van der Waals surface area contributed by atoms with Gasteiger partial charge in [-0.1, -0.05) is 0 Å². The highest BCUT2D eigenvalue weighted by Gasteiger charge is 2.10. The van der Waals surface area contributed by atoms with Gasteiger partial charge in [-0.2, -0.15) is 0 Å². The fourth-order valence-electron chi connectivity index (χ4n) is 1.55. The molecule has 6 heteroatoms. The van der Waals surface area contributed by atoms with Crippen molar-refractivity contribution in [2.24, 2.45) is 0 Å². The zero-order valence-electron chi connectivity index (χ0n) is 10.8. The third-order valence-electron chi connectivity index (χ3n) is 2.46. The first-order valence-corrected chi connectivity index (χ1v) is 6.87. The third kappa shape index (κ3) is 3.51. The van der Waals surface area contributed by atoms with Gasteiger partial charge in [0.15, 0.2) is 0 Å². The van der Waals surface area contributed by atoms with Crippen LogP contribution in [0.4, 0.5) is 5.82 Å². The number of thiazole rings is 1. The summed E-state index contributed by atoms with van der Waals surface area (Å²) in [7, 11) is 0. The summed E-state index contributed by atoms with van der Waals surface area (Å²) in [6.07, 6.45) is 3.28. The lowest BCUT2D eigenvalue weighted by Crippen LogP contribution is -2.09. The van der Waals surface area contributed by atoms with Crippen LogP contribution in [0.2, 0.25) is 0 Å². The second-order valence-corrected chi connectivity index (χ2v) is 4.82. The molecule has 0 aromatic carbocycles. The predicted octanol–water partition coefficient (Wildman–Crippen LogP) is 2.89. The average molecular weight is 277 g/mol. The van der Waals surface area contributed by atoms with E-state index in [-0.39, 0.29) is 12.0 Å². The number of pyridine rings is 1. The Morgan fingerprint density at radius 3 is 2.89 bits per heavy atom. The molecule has 0 aliphatic heterocycles. The van der Waals surface area contributed by atoms with E-state index in [0.717, 1.165) is 5.01 Å². The fourth-order valence-corrected chi connectivity index (χ4v) is 2.19. The molecule has 1 N–H and O–H groups in total. The highest BCUT2D eigenvalue weighted by molar-refractivity contribution is 7.09. The van der Waals surface area contributed by atoms with Crippen molar-refractivity contribution in [2.75, 3.05) is 11.9 Å². The fraction of sp³-hybridized carbons (Fsp3) is 0.308. The summed E-state index contributed by atoms with van der Waals surface area (Å²) in [5.74, 6) is 0.352. The van der Waals surface area contributed by atoms with E-state index < -0.39 is 0 Å². The number of aromatic nitrogens is 2. The Morgan fingerprint density at radius 1 is 1.47 bits per heavy atom. The first-order chi connectivity index (χ1) is 9.20. The molecule has 0 radical (unpaired) electrons. The van der Waals surface area contributed by atoms with Gasteiger partial charge in [0, 0.05) is 17.8 Å². The number of nitrogens with one attached hydrogen (secondary N) is 1. The molecule has 19 heavy (non-hydrogen) atoms. The van der Waals surface area contributed by atoms with E-state index >= 15 is 0 Å². The molecule has 0 aliphatic rings. The van der Waals surface area contributed by atoms with Crippen LogP contribution in [-0.2, 0) is 4.74 Å². The van der Waals surface area contributed by atoms with E-state index in [9.17, 15) is 4.79 Å². The number of hydrogen-bond donors (Lipinski definition) is 1. The Bertz CT molecular complexity index is 525. The van der Waals surface area contributed by atoms with E-state index in [1.807, 2.05) is 12.3 Å². The van der Waals surface area contributed by atoms with Crippen molar-refractivity contribution in [3.05, 3.63) is 40.5 Å². The van der Waals surface area contributed by atoms with Crippen molar-refractivity contribution >= 4 is 23.1 Å². The number of hydrogen-bond acceptors (Lipinski definition) is 6. The predicted molar refractivity (Wildman–Crippen MR) is 74.3 cm³/mol. The minimum atomic E-state index is -0.352. The van der Waals surface area contributed by atoms with Gasteiger partial charge in [-0.15, -0.1) is 11.3 Å². The largest absolute Gasteiger partial charge is 0.462 e. The summed E-state index contributed by atoms with van der Waals surface area (Å²) in [6.45, 7) is 4.15. The topological polar surface area (TPSA) is 64.1 Å². The van der Waals surface area contributed by atoms with Crippen molar-refractivity contribution < 1.29 is 9.53 Å². The minimum Gasteiger partial charge on any atom is -0.462 e. The summed E-state index contributed by atoms with van der Waals surface area (Å²) in [4.78, 5) is 19.9. The molecular formula is C13H15N3O2S. The number of carbonyl (C=O) groups excluding carboxylic acids is 1. The van der Waals surface area contributed by atoms with Gasteiger partial charge in [0.25, 0.3) is 0 Å². The maximum Gasteiger partial charge on any atom is 0.339 e. The molecule has 1 unspecified atom stereocenters. The van der Waals surface area contributed by atoms with Crippen LogP contribution in [0.1, 0.15) is 35.3 Å². The van der Waals surface area contributed by atoms with E-state index in [1.165, 1.54) is 6.20 Å². The Balaban J connectivity index is 2.01. The van der Waals surface area contributed by atoms with Crippen LogP contribution in [-0.4, -0.2) is 22.5 Å². The van der Waals surface area contributed by atoms with Crippen molar-refractivity contribution in [3.63, 3.8) is 0 Å². The number of ether oxygens (including phenoxy) is 1. The molecule has 0 fully saturated rings. The highest BCUT2D eigenvalue weighted by atomic mass is 32.1. The molecule has 5 nitrogen and oxygen atoms in total. The molecule has 1 atom stereocenters. The molecule has 2 heterocycles. The molecule has 2 aromatic heterocycles. The van der Waals surface area contributed by atoms with Gasteiger partial charge in [-0.3, -0.25) is 0 Å². The maximum atomic E-state index is 11.5. The lowest BCUT2D eigenvalue weighted by molar-refractivity contribution is 0.0526. The van der Waals surface area contributed by atoms with E-state index in [0.29, 0.717) is 18.0 Å². The molecule has 0 aliphatic carbocycles. The molecule has 0 saturated carbocycles. The second kappa shape index (κ2) is 6.29. The summed E-state index contributed by atoms with van der Waals surface area (Å²) >= 11 is 1.59. The van der Waals surface area contributed by atoms with Crippen LogP contribution >= 0.6 is 11.3 Å². The van der Waals surface area contributed by atoms with Crippen molar-refractivity contribution in [1.82, 2.24) is 9.97 Å². The Labute approximate surface area is 115 Å². The van der Waals surface area contributed by atoms with Crippen molar-refractivity contribution in [2.45, 2.75) is 19.9 Å². The van der Waals surface area contributed by atoms with Gasteiger partial charge in [0.2, 0.25) is 0 Å². The number of anilines is 1. The smallest absolute Gasteiger partial charge is 0.339 e. The van der Waals surface area contributed by atoms with Crippen LogP contribution in [0.15, 0.2) is 29.9 Å². The van der Waals surface area contributed by atoms with Crippen LogP contribution < -0.4 is 5.32 Å². The third-order valence-corrected chi connectivity index (χ3v) is 3.42. The first-order valence-electron chi connectivity index (χ1n) is 5.99. The van der Waals surface area contributed by atoms with Gasteiger partial charge in [-0.25, -0.2) is 14.8 Å². The Morgan fingerprint density at radius 2 is 2.32 bits per heavy atom. The zero-order valence-corrected chi connectivity index (χ0v) is 11.6. The molecular weight excluding hydrogens is 262 g/mol. The molecule has 100 valence electrons. The minimum absolute atomic E-state index is 0.0842. The van der Waals surface area contributed by atoms with Gasteiger partial charge in [0.05, 0.1) is 18.2 Å². The number of rotatable bonds is 5. The molecule has 2 rings (SSSR count). The average Bonchev–Trinajstić information content (AvgIpc) is 2.94. The maximum absolute atomic E-state index is 11.5. The summed E-state index contributed by atoms with van der Waals surface area (Å²) in [6, 6.07) is 3.54. The van der Waals surface area contributed by atoms with Crippen LogP contribution in [0, 0.1) is 0 Å². The molecule has 0 amide bonds. The van der Waals surface area contributed by atoms with Gasteiger partial charge in [-0.05, 0) is 26.0 Å². The number of esters is 1. The number of carbonyl (C=O) groups is 1. The molecule has 2 aromatic rings. The van der Waals surface area contributed by atoms with E-state index in [1.54, 1.807) is 36.6 Å². The zero-order chi connectivity index (χ0) is 13.7.